The molecule has 5 rings (SSSR count). The third-order valence-electron chi connectivity index (χ3n) is 13.2. The Morgan fingerprint density at radius 1 is 0.972 bits per heavy atom. The van der Waals surface area contributed by atoms with Gasteiger partial charge >= 0.3 is 5.97 Å². The zero-order valence-corrected chi connectivity index (χ0v) is 23.8. The smallest absolute Gasteiger partial charge is 0.302 e. The Labute approximate surface area is 218 Å². The average molecular weight is 496 g/mol. The molecule has 2 N–H and O–H groups in total. The minimum Gasteiger partial charge on any atom is -0.465 e. The molecule has 36 heavy (non-hydrogen) atoms. The standard InChI is InChI=1S/C32H49NO3/c1-19(2)21-11-14-32(18-36-20(3)34)16-15-30(7)22(26(21)32)9-10-25-29(6)17-23(33)27(35)28(4,5)24(29)12-13-31(25,30)8/h17,21-22,24-26H,1,9-16,18,33H2,2-8H3/t21-,22+,24-,25+,26+,29-,30+,31+,32+/m0/s1. The largest absolute Gasteiger partial charge is 0.465 e. The summed E-state index contributed by atoms with van der Waals surface area (Å²) in [6.07, 6.45) is 11.5. The number of nitrogens with two attached hydrogens (primary N) is 1. The van der Waals surface area contributed by atoms with E-state index < -0.39 is 5.41 Å². The summed E-state index contributed by atoms with van der Waals surface area (Å²) in [7, 11) is 0. The Kier molecular flexibility index (Phi) is 5.76. The van der Waals surface area contributed by atoms with Gasteiger partial charge in [0.15, 0.2) is 5.78 Å². The van der Waals surface area contributed by atoms with Crippen molar-refractivity contribution in [3.63, 3.8) is 0 Å². The van der Waals surface area contributed by atoms with Crippen LogP contribution in [0, 0.1) is 56.7 Å². The van der Waals surface area contributed by atoms with E-state index in [1.807, 2.05) is 0 Å². The van der Waals surface area contributed by atoms with Crippen molar-refractivity contribution in [3.05, 3.63) is 23.9 Å². The van der Waals surface area contributed by atoms with Crippen LogP contribution < -0.4 is 5.73 Å². The van der Waals surface area contributed by atoms with E-state index in [-0.39, 0.29) is 33.4 Å². The number of rotatable bonds is 3. The van der Waals surface area contributed by atoms with Crippen LogP contribution in [0.2, 0.25) is 0 Å². The van der Waals surface area contributed by atoms with Gasteiger partial charge in [0.05, 0.1) is 12.3 Å². The minimum absolute atomic E-state index is 0.0574. The first kappa shape index (κ1) is 26.0. The molecule has 4 saturated carbocycles. The van der Waals surface area contributed by atoms with Gasteiger partial charge in [-0.2, -0.15) is 0 Å². The summed E-state index contributed by atoms with van der Waals surface area (Å²) < 4.78 is 5.77. The first-order chi connectivity index (χ1) is 16.6. The maximum atomic E-state index is 13.1. The molecule has 200 valence electrons. The van der Waals surface area contributed by atoms with E-state index in [1.54, 1.807) is 6.92 Å². The second-order valence-electron chi connectivity index (χ2n) is 14.8. The zero-order valence-electron chi connectivity index (χ0n) is 23.8. The van der Waals surface area contributed by atoms with Crippen molar-refractivity contribution < 1.29 is 14.3 Å². The van der Waals surface area contributed by atoms with E-state index in [4.69, 9.17) is 10.5 Å². The Hall–Kier alpha value is -1.58. The van der Waals surface area contributed by atoms with E-state index in [9.17, 15) is 9.59 Å². The molecule has 0 aromatic rings. The second kappa shape index (κ2) is 7.96. The van der Waals surface area contributed by atoms with Crippen molar-refractivity contribution in [2.45, 2.75) is 99.8 Å². The predicted octanol–water partition coefficient (Wildman–Crippen LogP) is 6.84. The molecule has 0 bridgehead atoms. The Bertz CT molecular complexity index is 1030. The van der Waals surface area contributed by atoms with Crippen LogP contribution in [0.4, 0.5) is 0 Å². The maximum Gasteiger partial charge on any atom is 0.302 e. The van der Waals surface area contributed by atoms with Crippen molar-refractivity contribution in [1.29, 1.82) is 0 Å². The number of carbonyl (C=O) groups excluding carboxylic acids is 2. The highest BCUT2D eigenvalue weighted by atomic mass is 16.5. The highest BCUT2D eigenvalue weighted by molar-refractivity contribution is 6.00. The number of allylic oxidation sites excluding steroid dienone is 3. The summed E-state index contributed by atoms with van der Waals surface area (Å²) >= 11 is 0. The monoisotopic (exact) mass is 495 g/mol. The fourth-order valence-corrected chi connectivity index (χ4v) is 11.3. The number of Topliss-reactive ketones (excluding diaryl/α,β-unsaturated/α-hetero) is 1. The number of carbonyl (C=O) groups is 2. The molecule has 5 aliphatic rings. The maximum absolute atomic E-state index is 13.1. The lowest BCUT2D eigenvalue weighted by molar-refractivity contribution is -0.223. The molecule has 0 amide bonds. The van der Waals surface area contributed by atoms with Gasteiger partial charge < -0.3 is 10.5 Å². The second-order valence-corrected chi connectivity index (χ2v) is 14.8. The summed E-state index contributed by atoms with van der Waals surface area (Å²) in [5.41, 5.74) is 8.24. The lowest BCUT2D eigenvalue weighted by Gasteiger charge is -2.71. The number of hydrogen-bond acceptors (Lipinski definition) is 4. The molecule has 9 atom stereocenters. The fraction of sp³-hybridized carbons (Fsp3) is 0.812. The van der Waals surface area contributed by atoms with Crippen molar-refractivity contribution in [1.82, 2.24) is 0 Å². The third-order valence-corrected chi connectivity index (χ3v) is 13.2. The molecule has 0 saturated heterocycles. The van der Waals surface area contributed by atoms with Gasteiger partial charge in [0, 0.05) is 17.8 Å². The number of ketones is 1. The van der Waals surface area contributed by atoms with Gasteiger partial charge in [-0.3, -0.25) is 9.59 Å². The SMILES string of the molecule is C=C(C)[C@@H]1CC[C@]2(COC(C)=O)CC[C@]3(C)[C@H](CC[C@@H]4[C@@]5(C)C=C(N)C(=O)C(C)(C)[C@@H]5CC[C@]43C)[C@@H]12. The molecule has 4 nitrogen and oxygen atoms in total. The summed E-state index contributed by atoms with van der Waals surface area (Å²) in [5, 5.41) is 0. The summed E-state index contributed by atoms with van der Waals surface area (Å²) in [4.78, 5) is 25.0. The number of esters is 1. The van der Waals surface area contributed by atoms with Crippen LogP contribution in [0.1, 0.15) is 99.8 Å². The van der Waals surface area contributed by atoms with Crippen molar-refractivity contribution in [2.24, 2.45) is 62.4 Å². The molecular formula is C32H49NO3. The van der Waals surface area contributed by atoms with Gasteiger partial charge in [-0.1, -0.05) is 52.8 Å². The molecule has 0 aliphatic heterocycles. The third kappa shape index (κ3) is 3.17. The molecular weight excluding hydrogens is 446 g/mol. The van der Waals surface area contributed by atoms with E-state index in [1.165, 1.54) is 37.7 Å². The van der Waals surface area contributed by atoms with Gasteiger partial charge in [0.25, 0.3) is 0 Å². The molecule has 0 unspecified atom stereocenters. The summed E-state index contributed by atoms with van der Waals surface area (Å²) in [6.45, 7) is 20.7. The van der Waals surface area contributed by atoms with Gasteiger partial charge in [-0.15, -0.1) is 0 Å². The number of hydrogen-bond donors (Lipinski definition) is 1. The number of fused-ring (bicyclic) bond motifs is 7. The van der Waals surface area contributed by atoms with Crippen LogP contribution >= 0.6 is 0 Å². The number of ether oxygens (including phenoxy) is 1. The molecule has 0 spiro atoms. The van der Waals surface area contributed by atoms with Crippen molar-refractivity contribution in [2.75, 3.05) is 6.61 Å². The molecule has 0 aromatic heterocycles. The van der Waals surface area contributed by atoms with Crippen LogP contribution in [0.3, 0.4) is 0 Å². The van der Waals surface area contributed by atoms with Crippen LogP contribution in [0.25, 0.3) is 0 Å². The molecule has 5 aliphatic carbocycles. The topological polar surface area (TPSA) is 69.4 Å². The Balaban J connectivity index is 1.57. The average Bonchev–Trinajstić information content (AvgIpc) is 3.17. The van der Waals surface area contributed by atoms with Crippen LogP contribution in [-0.4, -0.2) is 18.4 Å². The molecule has 0 heterocycles. The van der Waals surface area contributed by atoms with E-state index in [0.29, 0.717) is 41.9 Å². The summed E-state index contributed by atoms with van der Waals surface area (Å²) in [6, 6.07) is 0. The molecule has 0 radical (unpaired) electrons. The molecule has 0 aromatic carbocycles. The molecule has 4 heteroatoms. The van der Waals surface area contributed by atoms with E-state index >= 15 is 0 Å². The first-order valence-corrected chi connectivity index (χ1v) is 14.5. The first-order valence-electron chi connectivity index (χ1n) is 14.5. The van der Waals surface area contributed by atoms with Crippen LogP contribution in [-0.2, 0) is 14.3 Å². The highest BCUT2D eigenvalue weighted by Crippen LogP contribution is 2.76. The lowest BCUT2D eigenvalue weighted by Crippen LogP contribution is -2.66. The van der Waals surface area contributed by atoms with Gasteiger partial charge in [-0.05, 0) is 104 Å². The van der Waals surface area contributed by atoms with E-state index in [2.05, 4.69) is 54.2 Å². The van der Waals surface area contributed by atoms with E-state index in [0.717, 1.165) is 19.3 Å². The lowest BCUT2D eigenvalue weighted by atomic mass is 9.33. The van der Waals surface area contributed by atoms with Crippen molar-refractivity contribution in [3.8, 4) is 0 Å². The van der Waals surface area contributed by atoms with Gasteiger partial charge in [0.2, 0.25) is 0 Å². The highest BCUT2D eigenvalue weighted by Gasteiger charge is 2.70. The quantitative estimate of drug-likeness (QED) is 0.344. The molecule has 4 fully saturated rings. The minimum atomic E-state index is -0.408. The Morgan fingerprint density at radius 2 is 1.67 bits per heavy atom. The zero-order chi connectivity index (χ0) is 26.5. The van der Waals surface area contributed by atoms with Crippen molar-refractivity contribution >= 4 is 11.8 Å². The summed E-state index contributed by atoms with van der Waals surface area (Å²) in [5.74, 6) is 2.48. The fourth-order valence-electron chi connectivity index (χ4n) is 11.3. The Morgan fingerprint density at radius 3 is 2.31 bits per heavy atom. The predicted molar refractivity (Wildman–Crippen MR) is 144 cm³/mol. The van der Waals surface area contributed by atoms with Crippen LogP contribution in [0.5, 0.6) is 0 Å². The van der Waals surface area contributed by atoms with Crippen LogP contribution in [0.15, 0.2) is 23.9 Å². The van der Waals surface area contributed by atoms with Gasteiger partial charge in [0.1, 0.15) is 0 Å². The van der Waals surface area contributed by atoms with Gasteiger partial charge in [-0.25, -0.2) is 0 Å². The normalized spacial score (nSPS) is 49.1.